The molecule has 2 aliphatic heterocycles. The van der Waals surface area contributed by atoms with E-state index in [9.17, 15) is 9.59 Å². The summed E-state index contributed by atoms with van der Waals surface area (Å²) in [5.41, 5.74) is 0. The summed E-state index contributed by atoms with van der Waals surface area (Å²) < 4.78 is 0.153. The van der Waals surface area contributed by atoms with Crippen molar-refractivity contribution in [1.29, 1.82) is 0 Å². The van der Waals surface area contributed by atoms with Crippen LogP contribution in [0.4, 0.5) is 0 Å². The van der Waals surface area contributed by atoms with Gasteiger partial charge < -0.3 is 10.2 Å². The van der Waals surface area contributed by atoms with Gasteiger partial charge in [0.1, 0.15) is 0 Å². The first kappa shape index (κ1) is 14.7. The van der Waals surface area contributed by atoms with Crippen LogP contribution in [0.3, 0.4) is 0 Å². The molecule has 2 rings (SSSR count). The van der Waals surface area contributed by atoms with Crippen LogP contribution in [0.25, 0.3) is 0 Å². The number of carbonyl (C=O) groups is 2. The highest BCUT2D eigenvalue weighted by Crippen LogP contribution is 2.30. The summed E-state index contributed by atoms with van der Waals surface area (Å²) >= 11 is 1.93. The maximum absolute atomic E-state index is 12.3. The smallest absolute Gasteiger partial charge is 0.224 e. The number of hydrogen-bond acceptors (Lipinski definition) is 3. The van der Waals surface area contributed by atoms with E-state index in [1.165, 1.54) is 0 Å². The molecule has 5 heteroatoms. The van der Waals surface area contributed by atoms with Gasteiger partial charge in [-0.25, -0.2) is 0 Å². The third kappa shape index (κ3) is 4.41. The van der Waals surface area contributed by atoms with Crippen LogP contribution >= 0.6 is 11.8 Å². The van der Waals surface area contributed by atoms with Crippen LogP contribution in [0, 0.1) is 0 Å². The molecule has 2 fully saturated rings. The predicted molar refractivity (Wildman–Crippen MR) is 78.1 cm³/mol. The quantitative estimate of drug-likeness (QED) is 0.841. The minimum absolute atomic E-state index is 0.0418. The van der Waals surface area contributed by atoms with Gasteiger partial charge in [0.05, 0.1) is 0 Å². The van der Waals surface area contributed by atoms with Crippen LogP contribution in [0.1, 0.15) is 46.0 Å². The topological polar surface area (TPSA) is 49.4 Å². The molecule has 1 unspecified atom stereocenters. The zero-order valence-corrected chi connectivity index (χ0v) is 12.7. The van der Waals surface area contributed by atoms with Gasteiger partial charge in [0.25, 0.3) is 0 Å². The minimum atomic E-state index is 0.0418. The lowest BCUT2D eigenvalue weighted by molar-refractivity contribution is -0.132. The average Bonchev–Trinajstić information content (AvgIpc) is 2.52. The molecule has 0 aromatic heterocycles. The summed E-state index contributed by atoms with van der Waals surface area (Å²) in [4.78, 5) is 25.8. The van der Waals surface area contributed by atoms with Gasteiger partial charge in [0.15, 0.2) is 0 Å². The van der Waals surface area contributed by atoms with Crippen molar-refractivity contribution >= 4 is 23.6 Å². The summed E-state index contributed by atoms with van der Waals surface area (Å²) in [6, 6.07) is 0.0418. The third-order valence-corrected chi connectivity index (χ3v) is 5.07. The van der Waals surface area contributed by atoms with E-state index in [0.717, 1.165) is 38.1 Å². The SMILES string of the molecule is CC1(C)CN(C(=O)CC2CCCCC(=O)N2)CCS1. The van der Waals surface area contributed by atoms with Gasteiger partial charge in [0, 0.05) is 42.5 Å². The molecule has 2 saturated heterocycles. The van der Waals surface area contributed by atoms with E-state index in [2.05, 4.69) is 19.2 Å². The Hall–Kier alpha value is -0.710. The van der Waals surface area contributed by atoms with Crippen molar-refractivity contribution in [2.75, 3.05) is 18.8 Å². The van der Waals surface area contributed by atoms with Crippen molar-refractivity contribution in [3.63, 3.8) is 0 Å². The van der Waals surface area contributed by atoms with Crippen LogP contribution in [0.5, 0.6) is 0 Å². The number of rotatable bonds is 2. The minimum Gasteiger partial charge on any atom is -0.353 e. The molecule has 0 radical (unpaired) electrons. The van der Waals surface area contributed by atoms with E-state index in [-0.39, 0.29) is 22.6 Å². The molecular weight excluding hydrogens is 260 g/mol. The summed E-state index contributed by atoms with van der Waals surface area (Å²) in [5, 5.41) is 2.98. The van der Waals surface area contributed by atoms with Crippen LogP contribution in [0.15, 0.2) is 0 Å². The first-order valence-electron chi connectivity index (χ1n) is 7.17. The van der Waals surface area contributed by atoms with Crippen LogP contribution in [-0.2, 0) is 9.59 Å². The van der Waals surface area contributed by atoms with Crippen molar-refractivity contribution < 1.29 is 9.59 Å². The zero-order chi connectivity index (χ0) is 13.9. The van der Waals surface area contributed by atoms with Gasteiger partial charge in [-0.15, -0.1) is 0 Å². The second-order valence-electron chi connectivity index (χ2n) is 6.14. The summed E-state index contributed by atoms with van der Waals surface area (Å²) in [6.45, 7) is 6.03. The lowest BCUT2D eigenvalue weighted by atomic mass is 10.1. The summed E-state index contributed by atoms with van der Waals surface area (Å²) in [5.74, 6) is 1.31. The fraction of sp³-hybridized carbons (Fsp3) is 0.857. The van der Waals surface area contributed by atoms with Gasteiger partial charge in [-0.2, -0.15) is 11.8 Å². The third-order valence-electron chi connectivity index (χ3n) is 3.77. The van der Waals surface area contributed by atoms with Gasteiger partial charge in [-0.3, -0.25) is 9.59 Å². The fourth-order valence-electron chi connectivity index (χ4n) is 2.77. The Balaban J connectivity index is 1.87. The number of carbonyl (C=O) groups excluding carboxylic acids is 2. The van der Waals surface area contributed by atoms with Crippen molar-refractivity contribution in [3.8, 4) is 0 Å². The van der Waals surface area contributed by atoms with E-state index >= 15 is 0 Å². The first-order valence-corrected chi connectivity index (χ1v) is 8.16. The normalized spacial score (nSPS) is 27.6. The van der Waals surface area contributed by atoms with Gasteiger partial charge in [-0.1, -0.05) is 6.42 Å². The molecule has 2 amide bonds. The Bertz CT molecular complexity index is 357. The largest absolute Gasteiger partial charge is 0.353 e. The number of hydrogen-bond donors (Lipinski definition) is 1. The van der Waals surface area contributed by atoms with Crippen molar-refractivity contribution in [2.45, 2.75) is 56.7 Å². The molecule has 19 heavy (non-hydrogen) atoms. The summed E-state index contributed by atoms with van der Waals surface area (Å²) in [6.07, 6.45) is 4.00. The molecular formula is C14H24N2O2S. The molecule has 0 spiro atoms. The van der Waals surface area contributed by atoms with Crippen molar-refractivity contribution in [2.24, 2.45) is 0 Å². The van der Waals surface area contributed by atoms with E-state index in [0.29, 0.717) is 12.8 Å². The number of thioether (sulfide) groups is 1. The highest BCUT2D eigenvalue weighted by atomic mass is 32.2. The number of nitrogens with zero attached hydrogens (tertiary/aromatic N) is 1. The molecule has 2 aliphatic rings. The Morgan fingerprint density at radius 2 is 2.26 bits per heavy atom. The Labute approximate surface area is 119 Å². The molecule has 1 N–H and O–H groups in total. The van der Waals surface area contributed by atoms with E-state index in [1.807, 2.05) is 16.7 Å². The first-order chi connectivity index (χ1) is 8.96. The summed E-state index contributed by atoms with van der Waals surface area (Å²) in [7, 11) is 0. The molecule has 2 heterocycles. The fourth-order valence-corrected chi connectivity index (χ4v) is 3.88. The van der Waals surface area contributed by atoms with Gasteiger partial charge in [0.2, 0.25) is 11.8 Å². The number of amides is 2. The number of nitrogens with one attached hydrogen (secondary N) is 1. The zero-order valence-electron chi connectivity index (χ0n) is 11.9. The van der Waals surface area contributed by atoms with E-state index in [4.69, 9.17) is 0 Å². The standard InChI is InChI=1S/C14H24N2O2S/c1-14(2)10-16(7-8-19-14)13(18)9-11-5-3-4-6-12(17)15-11/h11H,3-10H2,1-2H3,(H,15,17). The molecule has 4 nitrogen and oxygen atoms in total. The highest BCUT2D eigenvalue weighted by Gasteiger charge is 2.31. The molecule has 0 aromatic carbocycles. The molecule has 0 aliphatic carbocycles. The molecule has 0 aromatic rings. The predicted octanol–water partition coefficient (Wildman–Crippen LogP) is 1.79. The van der Waals surface area contributed by atoms with E-state index in [1.54, 1.807) is 0 Å². The monoisotopic (exact) mass is 284 g/mol. The average molecular weight is 284 g/mol. The van der Waals surface area contributed by atoms with Crippen LogP contribution < -0.4 is 5.32 Å². The highest BCUT2D eigenvalue weighted by molar-refractivity contribution is 8.00. The van der Waals surface area contributed by atoms with Crippen molar-refractivity contribution in [3.05, 3.63) is 0 Å². The molecule has 1 atom stereocenters. The lowest BCUT2D eigenvalue weighted by Crippen LogP contribution is -2.48. The Kier molecular flexibility index (Phi) is 4.76. The maximum atomic E-state index is 12.3. The second-order valence-corrected chi connectivity index (χ2v) is 7.94. The second kappa shape index (κ2) is 6.16. The maximum Gasteiger partial charge on any atom is 0.224 e. The molecule has 0 saturated carbocycles. The van der Waals surface area contributed by atoms with Crippen LogP contribution in [0.2, 0.25) is 0 Å². The van der Waals surface area contributed by atoms with Crippen LogP contribution in [-0.4, -0.2) is 46.3 Å². The van der Waals surface area contributed by atoms with Gasteiger partial charge >= 0.3 is 0 Å². The molecule has 0 bridgehead atoms. The Morgan fingerprint density at radius 1 is 1.47 bits per heavy atom. The van der Waals surface area contributed by atoms with Gasteiger partial charge in [-0.05, 0) is 26.7 Å². The lowest BCUT2D eigenvalue weighted by Gasteiger charge is -2.38. The van der Waals surface area contributed by atoms with E-state index < -0.39 is 0 Å². The van der Waals surface area contributed by atoms with Crippen molar-refractivity contribution in [1.82, 2.24) is 10.2 Å². The molecule has 108 valence electrons. The Morgan fingerprint density at radius 3 is 3.00 bits per heavy atom.